The largest absolute Gasteiger partial charge is 0.340 e. The zero-order chi connectivity index (χ0) is 16.0. The quantitative estimate of drug-likeness (QED) is 0.885. The van der Waals surface area contributed by atoms with Gasteiger partial charge >= 0.3 is 0 Å². The van der Waals surface area contributed by atoms with Crippen molar-refractivity contribution < 1.29 is 14.0 Å². The third-order valence-corrected chi connectivity index (χ3v) is 4.52. The summed E-state index contributed by atoms with van der Waals surface area (Å²) < 4.78 is 13.7. The summed E-state index contributed by atoms with van der Waals surface area (Å²) in [6, 6.07) is 4.30. The minimum atomic E-state index is -0.958. The summed E-state index contributed by atoms with van der Waals surface area (Å²) in [7, 11) is 0. The standard InChI is InChI=1S/C15H18BrFN2O2/c1-14(2)13(21)19(15(3,4)12(20)18-14)8-9-5-6-10(17)7-11(9)16/h5-7H,8H2,1-4H3,(H,18,20). The number of carbonyl (C=O) groups excluding carboxylic acids is 2. The van der Waals surface area contributed by atoms with E-state index in [1.165, 1.54) is 17.0 Å². The third-order valence-electron chi connectivity index (χ3n) is 3.78. The Morgan fingerprint density at radius 2 is 1.86 bits per heavy atom. The Bertz CT molecular complexity index is 614. The molecule has 0 bridgehead atoms. The Morgan fingerprint density at radius 3 is 2.43 bits per heavy atom. The van der Waals surface area contributed by atoms with Gasteiger partial charge in [0.05, 0.1) is 0 Å². The fraction of sp³-hybridized carbons (Fsp3) is 0.467. The second kappa shape index (κ2) is 5.09. The van der Waals surface area contributed by atoms with Crippen molar-refractivity contribution in [1.82, 2.24) is 10.2 Å². The first-order valence-electron chi connectivity index (χ1n) is 6.64. The predicted octanol–water partition coefficient (Wildman–Crippen LogP) is 2.60. The molecule has 1 fully saturated rings. The van der Waals surface area contributed by atoms with Gasteiger partial charge in [0.25, 0.3) is 0 Å². The summed E-state index contributed by atoms with van der Waals surface area (Å²) in [5.41, 5.74) is -1.15. The van der Waals surface area contributed by atoms with E-state index in [0.717, 1.165) is 5.56 Å². The molecule has 114 valence electrons. The Labute approximate surface area is 131 Å². The maximum absolute atomic E-state index is 13.2. The second-order valence-corrected chi connectivity index (χ2v) is 7.12. The van der Waals surface area contributed by atoms with E-state index in [1.54, 1.807) is 33.8 Å². The minimum absolute atomic E-state index is 0.164. The van der Waals surface area contributed by atoms with Crippen LogP contribution in [0.5, 0.6) is 0 Å². The lowest BCUT2D eigenvalue weighted by molar-refractivity contribution is -0.160. The number of halogens is 2. The molecule has 0 aromatic heterocycles. The van der Waals surface area contributed by atoms with Crippen molar-refractivity contribution in [2.24, 2.45) is 0 Å². The van der Waals surface area contributed by atoms with Gasteiger partial charge in [0.15, 0.2) is 0 Å². The van der Waals surface area contributed by atoms with Gasteiger partial charge in [-0.05, 0) is 45.4 Å². The molecule has 2 amide bonds. The summed E-state index contributed by atoms with van der Waals surface area (Å²) >= 11 is 3.30. The number of carbonyl (C=O) groups is 2. The monoisotopic (exact) mass is 356 g/mol. The van der Waals surface area contributed by atoms with Crippen molar-refractivity contribution >= 4 is 27.7 Å². The zero-order valence-electron chi connectivity index (χ0n) is 12.5. The number of hydrogen-bond acceptors (Lipinski definition) is 2. The molecular weight excluding hydrogens is 339 g/mol. The molecule has 0 unspecified atom stereocenters. The highest BCUT2D eigenvalue weighted by molar-refractivity contribution is 9.10. The van der Waals surface area contributed by atoms with E-state index in [2.05, 4.69) is 21.2 Å². The molecule has 1 heterocycles. The molecule has 0 atom stereocenters. The van der Waals surface area contributed by atoms with Crippen LogP contribution in [0.1, 0.15) is 33.3 Å². The van der Waals surface area contributed by atoms with E-state index >= 15 is 0 Å². The van der Waals surface area contributed by atoms with Crippen LogP contribution in [0.3, 0.4) is 0 Å². The molecule has 0 aliphatic carbocycles. The molecule has 1 aliphatic heterocycles. The zero-order valence-corrected chi connectivity index (χ0v) is 14.0. The highest BCUT2D eigenvalue weighted by Gasteiger charge is 2.49. The van der Waals surface area contributed by atoms with Crippen molar-refractivity contribution in [3.8, 4) is 0 Å². The molecule has 0 saturated carbocycles. The maximum Gasteiger partial charge on any atom is 0.248 e. The highest BCUT2D eigenvalue weighted by atomic mass is 79.9. The molecule has 2 rings (SSSR count). The van der Waals surface area contributed by atoms with Crippen molar-refractivity contribution in [2.45, 2.75) is 45.3 Å². The van der Waals surface area contributed by atoms with E-state index in [4.69, 9.17) is 0 Å². The van der Waals surface area contributed by atoms with Gasteiger partial charge in [0.1, 0.15) is 16.9 Å². The molecule has 4 nitrogen and oxygen atoms in total. The third kappa shape index (κ3) is 2.81. The van der Waals surface area contributed by atoms with Gasteiger partial charge in [-0.15, -0.1) is 0 Å². The van der Waals surface area contributed by atoms with Crippen LogP contribution in [-0.2, 0) is 16.1 Å². The van der Waals surface area contributed by atoms with Crippen molar-refractivity contribution in [3.05, 3.63) is 34.1 Å². The predicted molar refractivity (Wildman–Crippen MR) is 81.0 cm³/mol. The molecule has 1 N–H and O–H groups in total. The summed E-state index contributed by atoms with van der Waals surface area (Å²) in [5, 5.41) is 2.73. The van der Waals surface area contributed by atoms with E-state index in [-0.39, 0.29) is 24.2 Å². The first-order chi connectivity index (χ1) is 9.55. The van der Waals surface area contributed by atoms with Crippen LogP contribution in [0.4, 0.5) is 4.39 Å². The van der Waals surface area contributed by atoms with Gasteiger partial charge in [0, 0.05) is 11.0 Å². The molecule has 1 aromatic carbocycles. The summed E-state index contributed by atoms with van der Waals surface area (Å²) in [6.45, 7) is 6.99. The van der Waals surface area contributed by atoms with Crippen LogP contribution in [0.25, 0.3) is 0 Å². The van der Waals surface area contributed by atoms with E-state index in [0.29, 0.717) is 4.47 Å². The summed E-state index contributed by atoms with van der Waals surface area (Å²) in [4.78, 5) is 26.4. The van der Waals surface area contributed by atoms with Gasteiger partial charge in [-0.2, -0.15) is 0 Å². The van der Waals surface area contributed by atoms with E-state index in [1.807, 2.05) is 0 Å². The molecule has 0 radical (unpaired) electrons. The van der Waals surface area contributed by atoms with Crippen LogP contribution >= 0.6 is 15.9 Å². The number of nitrogens with zero attached hydrogens (tertiary/aromatic N) is 1. The van der Waals surface area contributed by atoms with Gasteiger partial charge in [-0.25, -0.2) is 4.39 Å². The molecular formula is C15H18BrFN2O2. The van der Waals surface area contributed by atoms with Crippen LogP contribution in [-0.4, -0.2) is 27.8 Å². The van der Waals surface area contributed by atoms with Crippen molar-refractivity contribution in [2.75, 3.05) is 0 Å². The van der Waals surface area contributed by atoms with E-state index < -0.39 is 11.1 Å². The van der Waals surface area contributed by atoms with Crippen LogP contribution in [0.15, 0.2) is 22.7 Å². The molecule has 1 aliphatic rings. The van der Waals surface area contributed by atoms with Gasteiger partial charge in [-0.1, -0.05) is 22.0 Å². The normalized spacial score (nSPS) is 20.4. The first kappa shape index (κ1) is 15.9. The number of benzene rings is 1. The maximum atomic E-state index is 13.2. The lowest BCUT2D eigenvalue weighted by Crippen LogP contribution is -2.71. The van der Waals surface area contributed by atoms with Crippen molar-refractivity contribution in [1.29, 1.82) is 0 Å². The van der Waals surface area contributed by atoms with Gasteiger partial charge in [-0.3, -0.25) is 9.59 Å². The fourth-order valence-electron chi connectivity index (χ4n) is 2.29. The van der Waals surface area contributed by atoms with Gasteiger partial charge in [0.2, 0.25) is 11.8 Å². The Morgan fingerprint density at radius 1 is 1.24 bits per heavy atom. The lowest BCUT2D eigenvalue weighted by atomic mass is 9.89. The number of amides is 2. The van der Waals surface area contributed by atoms with Crippen LogP contribution in [0.2, 0.25) is 0 Å². The second-order valence-electron chi connectivity index (χ2n) is 6.27. The number of rotatable bonds is 2. The average Bonchev–Trinajstić information content (AvgIpc) is 2.34. The Balaban J connectivity index is 2.39. The minimum Gasteiger partial charge on any atom is -0.340 e. The van der Waals surface area contributed by atoms with E-state index in [9.17, 15) is 14.0 Å². The summed E-state index contributed by atoms with van der Waals surface area (Å²) in [6.07, 6.45) is 0. The molecule has 0 spiro atoms. The molecule has 1 aromatic rings. The number of nitrogens with one attached hydrogen (secondary N) is 1. The van der Waals surface area contributed by atoms with Crippen molar-refractivity contribution in [3.63, 3.8) is 0 Å². The summed E-state index contributed by atoms with van der Waals surface area (Å²) in [5.74, 6) is -0.721. The SMILES string of the molecule is CC1(C)NC(=O)C(C)(C)N(Cc2ccc(F)cc2Br)C1=O. The smallest absolute Gasteiger partial charge is 0.248 e. The van der Waals surface area contributed by atoms with Crippen LogP contribution < -0.4 is 5.32 Å². The fourth-order valence-corrected chi connectivity index (χ4v) is 2.77. The Hall–Kier alpha value is -1.43. The number of piperazine rings is 1. The lowest BCUT2D eigenvalue weighted by Gasteiger charge is -2.47. The number of hydrogen-bond donors (Lipinski definition) is 1. The van der Waals surface area contributed by atoms with Gasteiger partial charge < -0.3 is 10.2 Å². The highest BCUT2D eigenvalue weighted by Crippen LogP contribution is 2.29. The average molecular weight is 357 g/mol. The first-order valence-corrected chi connectivity index (χ1v) is 7.43. The molecule has 6 heteroatoms. The Kier molecular flexibility index (Phi) is 3.86. The topological polar surface area (TPSA) is 49.4 Å². The molecule has 21 heavy (non-hydrogen) atoms. The molecule has 1 saturated heterocycles. The van der Waals surface area contributed by atoms with Crippen LogP contribution in [0, 0.1) is 5.82 Å².